The van der Waals surface area contributed by atoms with Crippen molar-refractivity contribution in [3.05, 3.63) is 36.3 Å². The van der Waals surface area contributed by atoms with Crippen LogP contribution in [-0.2, 0) is 9.47 Å². The molecule has 10 heteroatoms. The fourth-order valence-electron chi connectivity index (χ4n) is 2.11. The van der Waals surface area contributed by atoms with E-state index in [1.807, 2.05) is 0 Å². The van der Waals surface area contributed by atoms with Gasteiger partial charge in [0.15, 0.2) is 0 Å². The molecule has 0 aromatic carbocycles. The average Bonchev–Trinajstić information content (AvgIpc) is 3.07. The first-order chi connectivity index (χ1) is 12.3. The number of halogens is 2. The Balaban J connectivity index is 2.43. The SMILES string of the molecule is CCOC(=O)c1sc(NC(=O)c2cc(Cl)sc2Cl)c(C(=O)OCC)c1C. The molecule has 0 unspecified atom stereocenters. The molecule has 0 radical (unpaired) electrons. The van der Waals surface area contributed by atoms with E-state index in [0.717, 1.165) is 22.7 Å². The van der Waals surface area contributed by atoms with Gasteiger partial charge in [-0.25, -0.2) is 9.59 Å². The van der Waals surface area contributed by atoms with E-state index in [2.05, 4.69) is 5.32 Å². The summed E-state index contributed by atoms with van der Waals surface area (Å²) in [7, 11) is 0. The van der Waals surface area contributed by atoms with Crippen molar-refractivity contribution in [1.82, 2.24) is 0 Å². The molecular weight excluding hydrogens is 421 g/mol. The molecule has 0 saturated carbocycles. The van der Waals surface area contributed by atoms with Crippen molar-refractivity contribution in [1.29, 1.82) is 0 Å². The van der Waals surface area contributed by atoms with E-state index in [1.54, 1.807) is 20.8 Å². The van der Waals surface area contributed by atoms with Crippen LogP contribution in [0.5, 0.6) is 0 Å². The second-order valence-electron chi connectivity index (χ2n) is 4.89. The number of nitrogens with one attached hydrogen (secondary N) is 1. The van der Waals surface area contributed by atoms with Gasteiger partial charge in [0.2, 0.25) is 0 Å². The number of esters is 2. The lowest BCUT2D eigenvalue weighted by atomic mass is 10.1. The van der Waals surface area contributed by atoms with E-state index < -0.39 is 17.8 Å². The first kappa shape index (κ1) is 20.7. The summed E-state index contributed by atoms with van der Waals surface area (Å²) >= 11 is 13.9. The standard InChI is InChI=1S/C16H15Cl2NO5S2/c1-4-23-15(21)10-7(3)11(16(22)24-5-2)26-14(10)19-13(20)8-6-9(17)25-12(8)18/h6H,4-5H2,1-3H3,(H,19,20). The van der Waals surface area contributed by atoms with Gasteiger partial charge in [-0.3, -0.25) is 4.79 Å². The first-order valence-electron chi connectivity index (χ1n) is 7.53. The zero-order valence-corrected chi connectivity index (χ0v) is 17.3. The Bertz CT molecular complexity index is 859. The Kier molecular flexibility index (Phi) is 7.05. The highest BCUT2D eigenvalue weighted by Crippen LogP contribution is 2.36. The first-order valence-corrected chi connectivity index (χ1v) is 9.92. The van der Waals surface area contributed by atoms with Gasteiger partial charge in [-0.2, -0.15) is 0 Å². The average molecular weight is 436 g/mol. The minimum absolute atomic E-state index is 0.116. The third kappa shape index (κ3) is 4.37. The van der Waals surface area contributed by atoms with Crippen molar-refractivity contribution in [3.63, 3.8) is 0 Å². The summed E-state index contributed by atoms with van der Waals surface area (Å²) in [6.07, 6.45) is 0. The molecule has 0 aliphatic rings. The normalized spacial score (nSPS) is 10.5. The van der Waals surface area contributed by atoms with E-state index in [0.29, 0.717) is 9.90 Å². The van der Waals surface area contributed by atoms with Crippen LogP contribution in [0.25, 0.3) is 0 Å². The molecule has 0 spiro atoms. The van der Waals surface area contributed by atoms with E-state index in [4.69, 9.17) is 32.7 Å². The van der Waals surface area contributed by atoms with Gasteiger partial charge in [-0.15, -0.1) is 22.7 Å². The fraction of sp³-hybridized carbons (Fsp3) is 0.312. The molecule has 0 aliphatic heterocycles. The van der Waals surface area contributed by atoms with Crippen LogP contribution in [0, 0.1) is 6.92 Å². The molecule has 2 aromatic heterocycles. The van der Waals surface area contributed by atoms with Gasteiger partial charge in [0.05, 0.1) is 28.7 Å². The number of hydrogen-bond donors (Lipinski definition) is 1. The number of amides is 1. The Hall–Kier alpha value is -1.61. The number of anilines is 1. The van der Waals surface area contributed by atoms with Crippen molar-refractivity contribution in [2.45, 2.75) is 20.8 Å². The van der Waals surface area contributed by atoms with E-state index in [-0.39, 0.29) is 38.6 Å². The lowest BCUT2D eigenvalue weighted by molar-refractivity contribution is 0.0527. The molecular formula is C16H15Cl2NO5S2. The largest absolute Gasteiger partial charge is 0.462 e. The summed E-state index contributed by atoms with van der Waals surface area (Å²) in [4.78, 5) is 37.1. The van der Waals surface area contributed by atoms with E-state index in [1.165, 1.54) is 6.07 Å². The minimum atomic E-state index is -0.637. The summed E-state index contributed by atoms with van der Waals surface area (Å²) in [6, 6.07) is 1.43. The highest BCUT2D eigenvalue weighted by molar-refractivity contribution is 7.20. The molecule has 2 rings (SSSR count). The maximum atomic E-state index is 12.5. The third-order valence-corrected chi connectivity index (χ3v) is 5.89. The quantitative estimate of drug-likeness (QED) is 0.643. The second kappa shape index (κ2) is 8.85. The van der Waals surface area contributed by atoms with Crippen LogP contribution < -0.4 is 5.32 Å². The van der Waals surface area contributed by atoms with Gasteiger partial charge in [-0.1, -0.05) is 23.2 Å². The number of hydrogen-bond acceptors (Lipinski definition) is 7. The van der Waals surface area contributed by atoms with Crippen LogP contribution >= 0.6 is 45.9 Å². The lowest BCUT2D eigenvalue weighted by Crippen LogP contribution is -2.14. The number of rotatable bonds is 6. The topological polar surface area (TPSA) is 81.7 Å². The Morgan fingerprint density at radius 2 is 1.69 bits per heavy atom. The van der Waals surface area contributed by atoms with Gasteiger partial charge in [0.25, 0.3) is 5.91 Å². The zero-order valence-electron chi connectivity index (χ0n) is 14.1. The van der Waals surface area contributed by atoms with Crippen molar-refractivity contribution in [2.75, 3.05) is 18.5 Å². The Morgan fingerprint density at radius 1 is 1.08 bits per heavy atom. The summed E-state index contributed by atoms with van der Waals surface area (Å²) in [6.45, 7) is 5.28. The molecule has 0 saturated heterocycles. The van der Waals surface area contributed by atoms with E-state index >= 15 is 0 Å². The van der Waals surface area contributed by atoms with Gasteiger partial charge in [0.1, 0.15) is 14.2 Å². The van der Waals surface area contributed by atoms with Crippen molar-refractivity contribution < 1.29 is 23.9 Å². The second-order valence-corrected chi connectivity index (χ2v) is 8.20. The van der Waals surface area contributed by atoms with Crippen LogP contribution in [-0.4, -0.2) is 31.1 Å². The number of ether oxygens (including phenoxy) is 2. The highest BCUT2D eigenvalue weighted by atomic mass is 35.5. The molecule has 2 aromatic rings. The van der Waals surface area contributed by atoms with Crippen LogP contribution in [0.3, 0.4) is 0 Å². The lowest BCUT2D eigenvalue weighted by Gasteiger charge is -2.06. The number of carbonyl (C=O) groups is 3. The third-order valence-electron chi connectivity index (χ3n) is 3.22. The molecule has 1 N–H and O–H groups in total. The summed E-state index contributed by atoms with van der Waals surface area (Å²) in [5, 5.41) is 2.80. The zero-order chi connectivity index (χ0) is 19.4. The highest BCUT2D eigenvalue weighted by Gasteiger charge is 2.28. The van der Waals surface area contributed by atoms with Gasteiger partial charge >= 0.3 is 11.9 Å². The summed E-state index contributed by atoms with van der Waals surface area (Å²) < 4.78 is 10.6. The predicted molar refractivity (Wildman–Crippen MR) is 103 cm³/mol. The van der Waals surface area contributed by atoms with E-state index in [9.17, 15) is 14.4 Å². The minimum Gasteiger partial charge on any atom is -0.462 e. The molecule has 0 bridgehead atoms. The predicted octanol–water partition coefficient (Wildman–Crippen LogP) is 5.03. The molecule has 0 aliphatic carbocycles. The number of carbonyl (C=O) groups excluding carboxylic acids is 3. The summed E-state index contributed by atoms with van der Waals surface area (Å²) in [5.74, 6) is -1.75. The molecule has 2 heterocycles. The maximum Gasteiger partial charge on any atom is 0.348 e. The van der Waals surface area contributed by atoms with Crippen LogP contribution in [0.15, 0.2) is 6.07 Å². The van der Waals surface area contributed by atoms with Crippen molar-refractivity contribution in [3.8, 4) is 0 Å². The smallest absolute Gasteiger partial charge is 0.348 e. The fourth-order valence-corrected chi connectivity index (χ4v) is 4.65. The van der Waals surface area contributed by atoms with Crippen LogP contribution in [0.2, 0.25) is 8.67 Å². The van der Waals surface area contributed by atoms with Crippen molar-refractivity contribution in [2.24, 2.45) is 0 Å². The monoisotopic (exact) mass is 435 g/mol. The molecule has 140 valence electrons. The van der Waals surface area contributed by atoms with Gasteiger partial charge in [-0.05, 0) is 32.4 Å². The van der Waals surface area contributed by atoms with Gasteiger partial charge in [0, 0.05) is 0 Å². The molecule has 1 amide bonds. The molecule has 0 fully saturated rings. The Morgan fingerprint density at radius 3 is 2.23 bits per heavy atom. The van der Waals surface area contributed by atoms with Crippen LogP contribution in [0.4, 0.5) is 5.00 Å². The Labute approximate surface area is 168 Å². The molecule has 6 nitrogen and oxygen atoms in total. The van der Waals surface area contributed by atoms with Crippen LogP contribution in [0.1, 0.15) is 49.8 Å². The van der Waals surface area contributed by atoms with Gasteiger partial charge < -0.3 is 14.8 Å². The maximum absolute atomic E-state index is 12.5. The molecule has 26 heavy (non-hydrogen) atoms. The molecule has 0 atom stereocenters. The summed E-state index contributed by atoms with van der Waals surface area (Å²) in [5.41, 5.74) is 0.683. The van der Waals surface area contributed by atoms with Crippen molar-refractivity contribution >= 4 is 68.7 Å². The number of thiophene rings is 2.